The van der Waals surface area contributed by atoms with Gasteiger partial charge in [0.05, 0.1) is 11.7 Å². The lowest BCUT2D eigenvalue weighted by Crippen LogP contribution is -2.57. The first-order valence-electron chi connectivity index (χ1n) is 7.74. The van der Waals surface area contributed by atoms with Gasteiger partial charge in [-0.3, -0.25) is 0 Å². The molecule has 1 N–H and O–H groups in total. The summed E-state index contributed by atoms with van der Waals surface area (Å²) < 4.78 is 39.0. The van der Waals surface area contributed by atoms with Crippen LogP contribution in [-0.2, 0) is 11.6 Å². The molecule has 0 aromatic heterocycles. The summed E-state index contributed by atoms with van der Waals surface area (Å²) in [6.07, 6.45) is -1.69. The van der Waals surface area contributed by atoms with Crippen molar-refractivity contribution in [2.24, 2.45) is 0 Å². The van der Waals surface area contributed by atoms with Crippen LogP contribution in [0.25, 0.3) is 0 Å². The Bertz CT molecular complexity index is 509. The van der Waals surface area contributed by atoms with E-state index in [4.69, 9.17) is 0 Å². The van der Waals surface area contributed by atoms with E-state index in [0.29, 0.717) is 12.0 Å². The maximum absolute atomic E-state index is 13.0. The minimum Gasteiger partial charge on any atom is -0.391 e. The molecule has 0 amide bonds. The zero-order valence-corrected chi connectivity index (χ0v) is 13.3. The number of nitrogens with zero attached hydrogens (tertiary/aromatic N) is 1. The van der Waals surface area contributed by atoms with Crippen LogP contribution in [0.3, 0.4) is 0 Å². The fourth-order valence-electron chi connectivity index (χ4n) is 3.75. The lowest BCUT2D eigenvalue weighted by molar-refractivity contribution is -0.137. The molecule has 124 valence electrons. The second kappa shape index (κ2) is 6.20. The maximum atomic E-state index is 13.0. The summed E-state index contributed by atoms with van der Waals surface area (Å²) in [5.41, 5.74) is -0.306. The number of alkyl halides is 3. The molecule has 0 heterocycles. The van der Waals surface area contributed by atoms with E-state index in [1.165, 1.54) is 12.1 Å². The predicted molar refractivity (Wildman–Crippen MR) is 80.7 cm³/mol. The number of halogens is 3. The molecule has 22 heavy (non-hydrogen) atoms. The van der Waals surface area contributed by atoms with E-state index in [2.05, 4.69) is 0 Å². The Labute approximate surface area is 129 Å². The third-order valence-corrected chi connectivity index (χ3v) is 4.92. The number of benzene rings is 1. The van der Waals surface area contributed by atoms with Crippen LogP contribution in [0.5, 0.6) is 0 Å². The molecule has 0 bridgehead atoms. The predicted octanol–water partition coefficient (Wildman–Crippen LogP) is 3.83. The van der Waals surface area contributed by atoms with Crippen molar-refractivity contribution in [3.63, 3.8) is 0 Å². The number of aliphatic hydroxyl groups excluding tert-OH is 1. The van der Waals surface area contributed by atoms with Gasteiger partial charge < -0.3 is 10.0 Å². The smallest absolute Gasteiger partial charge is 0.391 e. The van der Waals surface area contributed by atoms with Crippen LogP contribution in [0, 0.1) is 0 Å². The van der Waals surface area contributed by atoms with Crippen molar-refractivity contribution in [2.45, 2.75) is 56.3 Å². The lowest BCUT2D eigenvalue weighted by Gasteiger charge is -2.52. The van der Waals surface area contributed by atoms with E-state index >= 15 is 0 Å². The van der Waals surface area contributed by atoms with Crippen LogP contribution < -0.4 is 0 Å². The molecule has 1 fully saturated rings. The second-order valence-corrected chi connectivity index (χ2v) is 6.47. The first-order valence-corrected chi connectivity index (χ1v) is 7.74. The molecule has 1 aliphatic carbocycles. The van der Waals surface area contributed by atoms with Gasteiger partial charge in [-0.25, -0.2) is 0 Å². The number of hydrogen-bond donors (Lipinski definition) is 1. The van der Waals surface area contributed by atoms with E-state index < -0.39 is 17.8 Å². The highest BCUT2D eigenvalue weighted by molar-refractivity contribution is 5.36. The van der Waals surface area contributed by atoms with Crippen molar-refractivity contribution in [1.82, 2.24) is 4.90 Å². The summed E-state index contributed by atoms with van der Waals surface area (Å²) in [7, 11) is 3.77. The van der Waals surface area contributed by atoms with Crippen molar-refractivity contribution in [1.29, 1.82) is 0 Å². The largest absolute Gasteiger partial charge is 0.416 e. The molecular formula is C17H24F3NO. The summed E-state index contributed by atoms with van der Waals surface area (Å²) in [4.78, 5) is 1.95. The highest BCUT2D eigenvalue weighted by atomic mass is 19.4. The minimum atomic E-state index is -4.34. The van der Waals surface area contributed by atoms with Crippen molar-refractivity contribution < 1.29 is 18.3 Å². The minimum absolute atomic E-state index is 0.172. The summed E-state index contributed by atoms with van der Waals surface area (Å²) in [6, 6.07) is 5.44. The number of likely N-dealkylation sites (N-methyl/N-ethyl adjacent to an activating group) is 1. The van der Waals surface area contributed by atoms with Crippen molar-refractivity contribution in [3.8, 4) is 0 Å². The van der Waals surface area contributed by atoms with Crippen molar-refractivity contribution in [3.05, 3.63) is 35.4 Å². The molecule has 1 saturated carbocycles. The van der Waals surface area contributed by atoms with E-state index in [9.17, 15) is 18.3 Å². The van der Waals surface area contributed by atoms with Gasteiger partial charge in [0.15, 0.2) is 0 Å². The van der Waals surface area contributed by atoms with Gasteiger partial charge in [0.25, 0.3) is 0 Å². The zero-order chi connectivity index (χ0) is 16.5. The van der Waals surface area contributed by atoms with E-state index in [-0.39, 0.29) is 11.5 Å². The molecule has 2 unspecified atom stereocenters. The summed E-state index contributed by atoms with van der Waals surface area (Å²) >= 11 is 0. The second-order valence-electron chi connectivity index (χ2n) is 6.47. The number of aliphatic hydroxyl groups is 1. The molecule has 2 atom stereocenters. The molecule has 0 saturated heterocycles. The third-order valence-electron chi connectivity index (χ3n) is 4.92. The van der Waals surface area contributed by atoms with E-state index in [0.717, 1.165) is 25.3 Å². The highest BCUT2D eigenvalue weighted by Crippen LogP contribution is 2.49. The fourth-order valence-corrected chi connectivity index (χ4v) is 3.75. The first kappa shape index (κ1) is 17.3. The van der Waals surface area contributed by atoms with Gasteiger partial charge in [-0.2, -0.15) is 13.2 Å². The van der Waals surface area contributed by atoms with Gasteiger partial charge >= 0.3 is 6.18 Å². The standard InChI is InChI=1S/C17H24F3NO/c1-4-14(22)15(21(2)3)16(9-6-10-16)12-7-5-8-13(11-12)17(18,19)20/h5,7-8,11,14-15,22H,4,6,9-10H2,1-3H3. The highest BCUT2D eigenvalue weighted by Gasteiger charge is 2.49. The molecule has 1 aromatic carbocycles. The average molecular weight is 315 g/mol. The molecular weight excluding hydrogens is 291 g/mol. The van der Waals surface area contributed by atoms with Gasteiger partial charge in [-0.1, -0.05) is 31.5 Å². The summed E-state index contributed by atoms with van der Waals surface area (Å²) in [6.45, 7) is 1.90. The normalized spacial score (nSPS) is 20.5. The summed E-state index contributed by atoms with van der Waals surface area (Å²) in [5.74, 6) is 0. The Morgan fingerprint density at radius 2 is 1.91 bits per heavy atom. The molecule has 5 heteroatoms. The summed E-state index contributed by atoms with van der Waals surface area (Å²) in [5, 5.41) is 10.4. The quantitative estimate of drug-likeness (QED) is 0.893. The van der Waals surface area contributed by atoms with Gasteiger partial charge in [0, 0.05) is 11.5 Å². The monoisotopic (exact) mass is 315 g/mol. The SMILES string of the molecule is CCC(O)C(N(C)C)C1(c2cccc(C(F)(F)F)c2)CCC1. The van der Waals surface area contributed by atoms with Crippen LogP contribution in [0.1, 0.15) is 43.7 Å². The fraction of sp³-hybridized carbons (Fsp3) is 0.647. The van der Waals surface area contributed by atoms with Gasteiger partial charge in [0.2, 0.25) is 0 Å². The molecule has 1 aliphatic rings. The number of rotatable bonds is 5. The maximum Gasteiger partial charge on any atom is 0.416 e. The van der Waals surface area contributed by atoms with Crippen LogP contribution in [0.4, 0.5) is 13.2 Å². The van der Waals surface area contributed by atoms with Crippen LogP contribution in [0.15, 0.2) is 24.3 Å². The Morgan fingerprint density at radius 3 is 2.32 bits per heavy atom. The van der Waals surface area contributed by atoms with Crippen molar-refractivity contribution in [2.75, 3.05) is 14.1 Å². The third kappa shape index (κ3) is 3.01. The van der Waals surface area contributed by atoms with Crippen molar-refractivity contribution >= 4 is 0 Å². The number of hydrogen-bond acceptors (Lipinski definition) is 2. The molecule has 0 spiro atoms. The Morgan fingerprint density at radius 1 is 1.27 bits per heavy atom. The lowest BCUT2D eigenvalue weighted by atomic mass is 9.58. The van der Waals surface area contributed by atoms with Gasteiger partial charge in [-0.05, 0) is 45.0 Å². The van der Waals surface area contributed by atoms with Gasteiger partial charge in [-0.15, -0.1) is 0 Å². The molecule has 2 nitrogen and oxygen atoms in total. The molecule has 1 aromatic rings. The molecule has 0 radical (unpaired) electrons. The molecule has 2 rings (SSSR count). The van der Waals surface area contributed by atoms with Crippen LogP contribution in [-0.4, -0.2) is 36.2 Å². The zero-order valence-electron chi connectivity index (χ0n) is 13.3. The van der Waals surface area contributed by atoms with E-state index in [1.807, 2.05) is 25.9 Å². The van der Waals surface area contributed by atoms with Crippen LogP contribution >= 0.6 is 0 Å². The average Bonchev–Trinajstić information content (AvgIpc) is 2.40. The Hall–Kier alpha value is -1.07. The molecule has 0 aliphatic heterocycles. The Balaban J connectivity index is 2.46. The van der Waals surface area contributed by atoms with E-state index in [1.54, 1.807) is 6.07 Å². The van der Waals surface area contributed by atoms with Crippen LogP contribution in [0.2, 0.25) is 0 Å². The Kier molecular flexibility index (Phi) is 4.87. The topological polar surface area (TPSA) is 23.5 Å². The first-order chi connectivity index (χ1) is 10.2. The van der Waals surface area contributed by atoms with Gasteiger partial charge in [0.1, 0.15) is 0 Å².